The number of rotatable bonds is 1. The number of nitrogens with zero attached hydrogens (tertiary/aromatic N) is 3. The quantitative estimate of drug-likeness (QED) is 0.795. The maximum atomic E-state index is 4.16. The summed E-state index contributed by atoms with van der Waals surface area (Å²) in [6.07, 6.45) is 7.91. The third-order valence-electron chi connectivity index (χ3n) is 4.25. The van der Waals surface area contributed by atoms with E-state index < -0.39 is 0 Å². The molecule has 2 saturated heterocycles. The molecule has 0 aromatic carbocycles. The van der Waals surface area contributed by atoms with E-state index in [1.54, 1.807) is 0 Å². The van der Waals surface area contributed by atoms with Gasteiger partial charge in [0.2, 0.25) is 0 Å². The molecule has 18 heavy (non-hydrogen) atoms. The second kappa shape index (κ2) is 5.17. The summed E-state index contributed by atoms with van der Waals surface area (Å²) >= 11 is 3.63. The molecule has 2 atom stereocenters. The Labute approximate surface area is 117 Å². The van der Waals surface area contributed by atoms with Gasteiger partial charge in [-0.2, -0.15) is 0 Å². The number of halogens is 1. The molecule has 2 unspecified atom stereocenters. The summed E-state index contributed by atoms with van der Waals surface area (Å²) < 4.78 is 1.11. The fourth-order valence-corrected chi connectivity index (χ4v) is 3.77. The lowest BCUT2D eigenvalue weighted by atomic mass is 9.97. The summed E-state index contributed by atoms with van der Waals surface area (Å²) in [7, 11) is 0. The Morgan fingerprint density at radius 3 is 3.06 bits per heavy atom. The molecule has 4 heteroatoms. The Hall–Kier alpha value is -0.610. The van der Waals surface area contributed by atoms with Crippen LogP contribution in [0.2, 0.25) is 0 Å². The van der Waals surface area contributed by atoms with Crippen molar-refractivity contribution in [2.45, 2.75) is 38.3 Å². The minimum Gasteiger partial charge on any atom is -0.365 e. The molecule has 3 heterocycles. The first-order chi connectivity index (χ1) is 8.75. The van der Waals surface area contributed by atoms with E-state index in [2.05, 4.69) is 43.7 Å². The fourth-order valence-electron chi connectivity index (χ4n) is 3.29. The zero-order valence-corrected chi connectivity index (χ0v) is 12.4. The monoisotopic (exact) mass is 309 g/mol. The van der Waals surface area contributed by atoms with Gasteiger partial charge in [0.1, 0.15) is 0 Å². The van der Waals surface area contributed by atoms with Gasteiger partial charge in [-0.3, -0.25) is 9.88 Å². The highest BCUT2D eigenvalue weighted by Gasteiger charge is 2.33. The van der Waals surface area contributed by atoms with Gasteiger partial charge in [-0.25, -0.2) is 0 Å². The zero-order valence-electron chi connectivity index (χ0n) is 10.8. The van der Waals surface area contributed by atoms with E-state index in [-0.39, 0.29) is 0 Å². The van der Waals surface area contributed by atoms with Gasteiger partial charge in [0.25, 0.3) is 0 Å². The van der Waals surface area contributed by atoms with Crippen LogP contribution in [-0.4, -0.2) is 41.6 Å². The summed E-state index contributed by atoms with van der Waals surface area (Å²) in [6, 6.07) is 3.45. The molecule has 0 amide bonds. The Morgan fingerprint density at radius 1 is 1.33 bits per heavy atom. The van der Waals surface area contributed by atoms with Crippen molar-refractivity contribution in [1.29, 1.82) is 0 Å². The molecule has 3 nitrogen and oxygen atoms in total. The molecule has 1 aromatic heterocycles. The predicted octanol–water partition coefficient (Wildman–Crippen LogP) is 2.91. The van der Waals surface area contributed by atoms with E-state index >= 15 is 0 Å². The van der Waals surface area contributed by atoms with Crippen LogP contribution in [0.25, 0.3) is 0 Å². The number of piperazine rings is 1. The molecule has 2 aliphatic heterocycles. The molecule has 98 valence electrons. The molecule has 1 aromatic rings. The lowest BCUT2D eigenvalue weighted by molar-refractivity contribution is 0.115. The van der Waals surface area contributed by atoms with Gasteiger partial charge in [-0.15, -0.1) is 0 Å². The van der Waals surface area contributed by atoms with Crippen LogP contribution in [0.15, 0.2) is 22.9 Å². The minimum atomic E-state index is 0.582. The van der Waals surface area contributed by atoms with Crippen LogP contribution >= 0.6 is 15.9 Å². The Kier molecular flexibility index (Phi) is 3.57. The molecule has 0 radical (unpaired) electrons. The van der Waals surface area contributed by atoms with E-state index in [1.165, 1.54) is 38.0 Å². The van der Waals surface area contributed by atoms with Crippen LogP contribution in [0.4, 0.5) is 5.69 Å². The summed E-state index contributed by atoms with van der Waals surface area (Å²) in [4.78, 5) is 9.38. The lowest BCUT2D eigenvalue weighted by Gasteiger charge is -2.48. The van der Waals surface area contributed by atoms with Gasteiger partial charge in [0, 0.05) is 37.6 Å². The molecule has 0 saturated carbocycles. The van der Waals surface area contributed by atoms with Crippen LogP contribution < -0.4 is 4.90 Å². The molecular formula is C14H20BrN3. The first kappa shape index (κ1) is 12.4. The standard InChI is InChI=1S/C14H20BrN3/c1-11-9-17-7-3-2-4-12(17)10-18(11)14-5-6-16-8-13(14)15/h5-6,8,11-12H,2-4,7,9-10H2,1H3. The summed E-state index contributed by atoms with van der Waals surface area (Å²) in [5, 5.41) is 0. The van der Waals surface area contributed by atoms with Gasteiger partial charge < -0.3 is 4.90 Å². The number of hydrogen-bond donors (Lipinski definition) is 0. The second-order valence-electron chi connectivity index (χ2n) is 5.47. The number of piperidine rings is 1. The van der Waals surface area contributed by atoms with Gasteiger partial charge in [-0.05, 0) is 48.3 Å². The highest BCUT2D eigenvalue weighted by molar-refractivity contribution is 9.10. The highest BCUT2D eigenvalue weighted by Crippen LogP contribution is 2.31. The van der Waals surface area contributed by atoms with E-state index in [9.17, 15) is 0 Å². The molecule has 0 N–H and O–H groups in total. The van der Waals surface area contributed by atoms with Gasteiger partial charge in [0.15, 0.2) is 0 Å². The van der Waals surface area contributed by atoms with Gasteiger partial charge in [-0.1, -0.05) is 6.42 Å². The van der Waals surface area contributed by atoms with Gasteiger partial charge in [0.05, 0.1) is 10.2 Å². The van der Waals surface area contributed by atoms with Crippen molar-refractivity contribution in [3.8, 4) is 0 Å². The SMILES string of the molecule is CC1CN2CCCCC2CN1c1ccncc1Br. The van der Waals surface area contributed by atoms with Crippen molar-refractivity contribution in [2.75, 3.05) is 24.5 Å². The average molecular weight is 310 g/mol. The highest BCUT2D eigenvalue weighted by atomic mass is 79.9. The molecular weight excluding hydrogens is 290 g/mol. The van der Waals surface area contributed by atoms with Gasteiger partial charge >= 0.3 is 0 Å². The van der Waals surface area contributed by atoms with E-state index in [1.807, 2.05) is 12.4 Å². The van der Waals surface area contributed by atoms with Crippen molar-refractivity contribution in [1.82, 2.24) is 9.88 Å². The van der Waals surface area contributed by atoms with E-state index in [4.69, 9.17) is 0 Å². The van der Waals surface area contributed by atoms with Crippen LogP contribution in [0.5, 0.6) is 0 Å². The number of fused-ring (bicyclic) bond motifs is 1. The molecule has 0 spiro atoms. The first-order valence-corrected chi connectivity index (χ1v) is 7.65. The number of pyridine rings is 1. The minimum absolute atomic E-state index is 0.582. The third-order valence-corrected chi connectivity index (χ3v) is 4.86. The number of aromatic nitrogens is 1. The normalized spacial score (nSPS) is 29.1. The predicted molar refractivity (Wildman–Crippen MR) is 78.0 cm³/mol. The summed E-state index contributed by atoms with van der Waals surface area (Å²) in [6.45, 7) is 5.97. The van der Waals surface area contributed by atoms with Crippen molar-refractivity contribution in [3.63, 3.8) is 0 Å². The van der Waals surface area contributed by atoms with Crippen molar-refractivity contribution in [2.24, 2.45) is 0 Å². The van der Waals surface area contributed by atoms with E-state index in [0.717, 1.165) is 17.1 Å². The molecule has 2 fully saturated rings. The first-order valence-electron chi connectivity index (χ1n) is 6.86. The van der Waals surface area contributed by atoms with Crippen LogP contribution in [0.1, 0.15) is 26.2 Å². The Balaban J connectivity index is 1.82. The molecule has 0 aliphatic carbocycles. The summed E-state index contributed by atoms with van der Waals surface area (Å²) in [5.41, 5.74) is 1.29. The largest absolute Gasteiger partial charge is 0.365 e. The molecule has 3 rings (SSSR count). The second-order valence-corrected chi connectivity index (χ2v) is 6.33. The smallest absolute Gasteiger partial charge is 0.0592 e. The number of anilines is 1. The van der Waals surface area contributed by atoms with Crippen molar-refractivity contribution in [3.05, 3.63) is 22.9 Å². The maximum absolute atomic E-state index is 4.16. The zero-order chi connectivity index (χ0) is 12.5. The topological polar surface area (TPSA) is 19.4 Å². The van der Waals surface area contributed by atoms with Crippen LogP contribution in [0.3, 0.4) is 0 Å². The fraction of sp³-hybridized carbons (Fsp3) is 0.643. The molecule has 0 bridgehead atoms. The van der Waals surface area contributed by atoms with Crippen molar-refractivity contribution < 1.29 is 0 Å². The Bertz CT molecular complexity index is 423. The van der Waals surface area contributed by atoms with Crippen LogP contribution in [0, 0.1) is 0 Å². The van der Waals surface area contributed by atoms with Crippen LogP contribution in [-0.2, 0) is 0 Å². The van der Waals surface area contributed by atoms with E-state index in [0.29, 0.717) is 6.04 Å². The Morgan fingerprint density at radius 2 is 2.22 bits per heavy atom. The molecule has 2 aliphatic rings. The third kappa shape index (κ3) is 2.28. The lowest BCUT2D eigenvalue weighted by Crippen LogP contribution is -2.58. The van der Waals surface area contributed by atoms with Crippen molar-refractivity contribution >= 4 is 21.6 Å². The summed E-state index contributed by atoms with van der Waals surface area (Å²) in [5.74, 6) is 0. The maximum Gasteiger partial charge on any atom is 0.0592 e. The average Bonchev–Trinajstić information content (AvgIpc) is 2.39. The number of hydrogen-bond acceptors (Lipinski definition) is 3.